The Hall–Kier alpha value is -0.870. The number of aliphatic hydroxyl groups is 1. The first-order chi connectivity index (χ1) is 9.89. The minimum Gasteiger partial charge on any atom is -0.396 e. The zero-order valence-electron chi connectivity index (χ0n) is 14.2. The molecule has 4 heteroatoms. The summed E-state index contributed by atoms with van der Waals surface area (Å²) in [6, 6.07) is -0.0853. The number of nitrogens with zero attached hydrogens (tertiary/aromatic N) is 2. The van der Waals surface area contributed by atoms with E-state index in [9.17, 15) is 9.90 Å². The molecule has 1 fully saturated rings. The Kier molecular flexibility index (Phi) is 6.88. The highest BCUT2D eigenvalue weighted by molar-refractivity contribution is 5.81. The first-order valence-electron chi connectivity index (χ1n) is 8.17. The molecular weight excluding hydrogens is 264 g/mol. The van der Waals surface area contributed by atoms with Crippen LogP contribution in [0.2, 0.25) is 0 Å². The van der Waals surface area contributed by atoms with Crippen LogP contribution < -0.4 is 0 Å². The number of likely N-dealkylation sites (tertiary alicyclic amines) is 1. The lowest BCUT2D eigenvalue weighted by Crippen LogP contribution is -2.52. The topological polar surface area (TPSA) is 43.8 Å². The monoisotopic (exact) mass is 296 g/mol. The molecule has 1 amide bonds. The molecule has 0 aromatic heterocycles. The van der Waals surface area contributed by atoms with E-state index in [0.717, 1.165) is 44.5 Å². The van der Waals surface area contributed by atoms with Gasteiger partial charge in [-0.15, -0.1) is 0 Å². The molecule has 1 N–H and O–H groups in total. The van der Waals surface area contributed by atoms with Crippen molar-refractivity contribution in [2.24, 2.45) is 5.41 Å². The highest BCUT2D eigenvalue weighted by Gasteiger charge is 2.35. The first kappa shape index (κ1) is 18.2. The smallest absolute Gasteiger partial charge is 0.239 e. The van der Waals surface area contributed by atoms with Gasteiger partial charge in [0.1, 0.15) is 0 Å². The second-order valence-corrected chi connectivity index (χ2v) is 6.53. The number of carbonyl (C=O) groups is 1. The zero-order chi connectivity index (χ0) is 16.0. The predicted molar refractivity (Wildman–Crippen MR) is 87.1 cm³/mol. The van der Waals surface area contributed by atoms with E-state index in [1.807, 2.05) is 25.7 Å². The Morgan fingerprint density at radius 2 is 1.95 bits per heavy atom. The molecule has 0 aromatic carbocycles. The summed E-state index contributed by atoms with van der Waals surface area (Å²) in [7, 11) is 0. The van der Waals surface area contributed by atoms with Crippen LogP contribution in [0.25, 0.3) is 0 Å². The van der Waals surface area contributed by atoms with Crippen LogP contribution in [-0.4, -0.2) is 59.6 Å². The molecule has 0 bridgehead atoms. The molecule has 4 nitrogen and oxygen atoms in total. The Labute approximate surface area is 129 Å². The third-order valence-electron chi connectivity index (χ3n) is 5.00. The van der Waals surface area contributed by atoms with Gasteiger partial charge in [0.05, 0.1) is 6.04 Å². The summed E-state index contributed by atoms with van der Waals surface area (Å²) in [6.45, 7) is 15.4. The summed E-state index contributed by atoms with van der Waals surface area (Å²) < 4.78 is 0. The van der Waals surface area contributed by atoms with Crippen molar-refractivity contribution in [1.29, 1.82) is 0 Å². The van der Waals surface area contributed by atoms with Gasteiger partial charge in [-0.1, -0.05) is 19.1 Å². The van der Waals surface area contributed by atoms with Crippen LogP contribution in [0.4, 0.5) is 0 Å². The SMILES string of the molecule is C=C(C)CN(CC)C(=O)C(C)N1CCC(CC)(CO)CC1. The Morgan fingerprint density at radius 1 is 1.38 bits per heavy atom. The molecule has 1 aliphatic heterocycles. The fourth-order valence-electron chi connectivity index (χ4n) is 3.10. The summed E-state index contributed by atoms with van der Waals surface area (Å²) in [6.07, 6.45) is 2.96. The van der Waals surface area contributed by atoms with Gasteiger partial charge >= 0.3 is 0 Å². The highest BCUT2D eigenvalue weighted by Crippen LogP contribution is 2.34. The minimum atomic E-state index is -0.0853. The van der Waals surface area contributed by atoms with E-state index in [-0.39, 0.29) is 24.0 Å². The molecule has 0 spiro atoms. The maximum atomic E-state index is 12.6. The van der Waals surface area contributed by atoms with E-state index in [1.165, 1.54) is 0 Å². The molecule has 1 heterocycles. The fraction of sp³-hybridized carbons (Fsp3) is 0.824. The number of carbonyl (C=O) groups excluding carboxylic acids is 1. The van der Waals surface area contributed by atoms with Gasteiger partial charge in [-0.25, -0.2) is 0 Å². The van der Waals surface area contributed by atoms with Gasteiger partial charge in [0, 0.05) is 19.7 Å². The quantitative estimate of drug-likeness (QED) is 0.733. The van der Waals surface area contributed by atoms with Crippen LogP contribution >= 0.6 is 0 Å². The predicted octanol–water partition coefficient (Wildman–Crippen LogP) is 2.28. The molecule has 1 saturated heterocycles. The molecule has 0 saturated carbocycles. The standard InChI is InChI=1S/C17H32N2O2/c1-6-17(13-20)8-10-19(11-9-17)15(5)16(21)18(7-2)12-14(3)4/h15,20H,3,6-13H2,1-2,4-5H3. The van der Waals surface area contributed by atoms with Crippen molar-refractivity contribution in [2.45, 2.75) is 53.0 Å². The Bertz CT molecular complexity index is 354. The third kappa shape index (κ3) is 4.55. The van der Waals surface area contributed by atoms with Crippen molar-refractivity contribution in [3.63, 3.8) is 0 Å². The number of rotatable bonds is 7. The number of hydrogen-bond acceptors (Lipinski definition) is 3. The van der Waals surface area contributed by atoms with Crippen LogP contribution in [0, 0.1) is 5.41 Å². The van der Waals surface area contributed by atoms with E-state index in [1.54, 1.807) is 0 Å². The van der Waals surface area contributed by atoms with E-state index in [4.69, 9.17) is 0 Å². The summed E-state index contributed by atoms with van der Waals surface area (Å²) in [5, 5.41) is 9.60. The van der Waals surface area contributed by atoms with Crippen LogP contribution in [-0.2, 0) is 4.79 Å². The largest absolute Gasteiger partial charge is 0.396 e. The fourth-order valence-corrected chi connectivity index (χ4v) is 3.10. The number of amides is 1. The lowest BCUT2D eigenvalue weighted by atomic mass is 9.76. The van der Waals surface area contributed by atoms with Crippen LogP contribution in [0.5, 0.6) is 0 Å². The maximum Gasteiger partial charge on any atom is 0.239 e. The second kappa shape index (κ2) is 7.95. The van der Waals surface area contributed by atoms with Crippen molar-refractivity contribution in [3.8, 4) is 0 Å². The van der Waals surface area contributed by atoms with Gasteiger partial charge in [0.25, 0.3) is 0 Å². The molecule has 0 aromatic rings. The van der Waals surface area contributed by atoms with E-state index >= 15 is 0 Å². The molecule has 1 atom stereocenters. The molecule has 21 heavy (non-hydrogen) atoms. The van der Waals surface area contributed by atoms with Crippen molar-refractivity contribution in [1.82, 2.24) is 9.80 Å². The summed E-state index contributed by atoms with van der Waals surface area (Å²) in [4.78, 5) is 16.7. The number of likely N-dealkylation sites (N-methyl/N-ethyl adjacent to an activating group) is 1. The van der Waals surface area contributed by atoms with E-state index in [2.05, 4.69) is 18.4 Å². The molecule has 1 aliphatic rings. The van der Waals surface area contributed by atoms with Gasteiger partial charge < -0.3 is 10.0 Å². The number of piperidine rings is 1. The molecule has 122 valence electrons. The van der Waals surface area contributed by atoms with E-state index in [0.29, 0.717) is 6.54 Å². The normalized spacial score (nSPS) is 20.0. The van der Waals surface area contributed by atoms with Crippen LogP contribution in [0.15, 0.2) is 12.2 Å². The van der Waals surface area contributed by atoms with Gasteiger partial charge in [-0.05, 0) is 58.5 Å². The van der Waals surface area contributed by atoms with Gasteiger partial charge in [-0.2, -0.15) is 0 Å². The van der Waals surface area contributed by atoms with Gasteiger partial charge in [0.15, 0.2) is 0 Å². The summed E-state index contributed by atoms with van der Waals surface area (Å²) in [5.41, 5.74) is 1.09. The minimum absolute atomic E-state index is 0.0708. The average Bonchev–Trinajstić information content (AvgIpc) is 2.51. The van der Waals surface area contributed by atoms with Gasteiger partial charge in [0.2, 0.25) is 5.91 Å². The van der Waals surface area contributed by atoms with Crippen LogP contribution in [0.3, 0.4) is 0 Å². The Morgan fingerprint density at radius 3 is 2.33 bits per heavy atom. The summed E-state index contributed by atoms with van der Waals surface area (Å²) in [5.74, 6) is 0.188. The molecule has 0 radical (unpaired) electrons. The lowest BCUT2D eigenvalue weighted by molar-refractivity contribution is -0.137. The van der Waals surface area contributed by atoms with Crippen molar-refractivity contribution in [3.05, 3.63) is 12.2 Å². The summed E-state index contributed by atoms with van der Waals surface area (Å²) >= 11 is 0. The zero-order valence-corrected chi connectivity index (χ0v) is 14.2. The highest BCUT2D eigenvalue weighted by atomic mass is 16.3. The van der Waals surface area contributed by atoms with Gasteiger partial charge in [-0.3, -0.25) is 9.69 Å². The van der Waals surface area contributed by atoms with Crippen molar-refractivity contribution in [2.75, 3.05) is 32.8 Å². The lowest BCUT2D eigenvalue weighted by Gasteiger charge is -2.42. The van der Waals surface area contributed by atoms with E-state index < -0.39 is 0 Å². The molecule has 1 unspecified atom stereocenters. The number of aliphatic hydroxyl groups excluding tert-OH is 1. The maximum absolute atomic E-state index is 12.6. The molecule has 1 rings (SSSR count). The van der Waals surface area contributed by atoms with Crippen LogP contribution in [0.1, 0.15) is 47.0 Å². The first-order valence-corrected chi connectivity index (χ1v) is 8.17. The molecule has 0 aliphatic carbocycles. The number of hydrogen-bond donors (Lipinski definition) is 1. The van der Waals surface area contributed by atoms with Crippen molar-refractivity contribution >= 4 is 5.91 Å². The van der Waals surface area contributed by atoms with Crippen molar-refractivity contribution < 1.29 is 9.90 Å². The second-order valence-electron chi connectivity index (χ2n) is 6.53. The third-order valence-corrected chi connectivity index (χ3v) is 5.00. The average molecular weight is 296 g/mol. The Balaban J connectivity index is 2.62. The molecular formula is C17H32N2O2.